The second kappa shape index (κ2) is 7.42. The Bertz CT molecular complexity index is 672. The first-order valence-corrected chi connectivity index (χ1v) is 8.29. The van der Waals surface area contributed by atoms with Gasteiger partial charge in [0.05, 0.1) is 0 Å². The number of benzene rings is 1. The SMILES string of the molecule is Cc1ccccc1OCc1nc2c(c(NCCCN)n1)CCC2. The summed E-state index contributed by atoms with van der Waals surface area (Å²) in [5, 5.41) is 3.41. The van der Waals surface area contributed by atoms with E-state index in [-0.39, 0.29) is 0 Å². The second-order valence-corrected chi connectivity index (χ2v) is 5.89. The van der Waals surface area contributed by atoms with Gasteiger partial charge in [0.2, 0.25) is 0 Å². The number of fused-ring (bicyclic) bond motifs is 1. The molecule has 1 aliphatic carbocycles. The van der Waals surface area contributed by atoms with Crippen molar-refractivity contribution in [3.05, 3.63) is 46.9 Å². The van der Waals surface area contributed by atoms with Gasteiger partial charge in [0.25, 0.3) is 0 Å². The fraction of sp³-hybridized carbons (Fsp3) is 0.444. The molecule has 5 nitrogen and oxygen atoms in total. The number of para-hydroxylation sites is 1. The van der Waals surface area contributed by atoms with Crippen molar-refractivity contribution in [3.8, 4) is 5.75 Å². The van der Waals surface area contributed by atoms with Gasteiger partial charge in [0, 0.05) is 17.8 Å². The average molecular weight is 312 g/mol. The molecule has 122 valence electrons. The summed E-state index contributed by atoms with van der Waals surface area (Å²) in [5.74, 6) is 2.59. The lowest BCUT2D eigenvalue weighted by molar-refractivity contribution is 0.293. The molecule has 0 saturated heterocycles. The quantitative estimate of drug-likeness (QED) is 0.769. The number of hydrogen-bond acceptors (Lipinski definition) is 5. The van der Waals surface area contributed by atoms with Gasteiger partial charge < -0.3 is 15.8 Å². The van der Waals surface area contributed by atoms with Gasteiger partial charge in [-0.3, -0.25) is 0 Å². The number of ether oxygens (including phenoxy) is 1. The van der Waals surface area contributed by atoms with Crippen molar-refractivity contribution in [2.45, 2.75) is 39.2 Å². The summed E-state index contributed by atoms with van der Waals surface area (Å²) in [4.78, 5) is 9.36. The first-order valence-electron chi connectivity index (χ1n) is 8.29. The van der Waals surface area contributed by atoms with Crippen LogP contribution in [0.25, 0.3) is 0 Å². The maximum absolute atomic E-state index is 5.89. The Labute approximate surface area is 137 Å². The molecule has 0 unspecified atom stereocenters. The van der Waals surface area contributed by atoms with E-state index in [4.69, 9.17) is 10.5 Å². The summed E-state index contributed by atoms with van der Waals surface area (Å²) in [5.41, 5.74) is 9.12. The lowest BCUT2D eigenvalue weighted by atomic mass is 10.2. The van der Waals surface area contributed by atoms with Crippen LogP contribution < -0.4 is 15.8 Å². The fourth-order valence-electron chi connectivity index (χ4n) is 2.86. The van der Waals surface area contributed by atoms with Gasteiger partial charge in [-0.2, -0.15) is 0 Å². The van der Waals surface area contributed by atoms with Gasteiger partial charge in [-0.1, -0.05) is 18.2 Å². The largest absolute Gasteiger partial charge is 0.485 e. The Morgan fingerprint density at radius 3 is 2.91 bits per heavy atom. The van der Waals surface area contributed by atoms with Crippen LogP contribution in [0.4, 0.5) is 5.82 Å². The van der Waals surface area contributed by atoms with E-state index in [1.54, 1.807) is 0 Å². The fourth-order valence-corrected chi connectivity index (χ4v) is 2.86. The highest BCUT2D eigenvalue weighted by Gasteiger charge is 2.19. The predicted molar refractivity (Wildman–Crippen MR) is 91.7 cm³/mol. The first-order chi connectivity index (χ1) is 11.3. The monoisotopic (exact) mass is 312 g/mol. The lowest BCUT2D eigenvalue weighted by Gasteiger charge is -2.13. The molecule has 2 aromatic rings. The van der Waals surface area contributed by atoms with Gasteiger partial charge in [-0.25, -0.2) is 9.97 Å². The molecular weight excluding hydrogens is 288 g/mol. The van der Waals surface area contributed by atoms with Crippen LogP contribution in [0.1, 0.15) is 35.5 Å². The molecule has 1 heterocycles. The Hall–Kier alpha value is -2.14. The van der Waals surface area contributed by atoms with Gasteiger partial charge >= 0.3 is 0 Å². The molecule has 5 heteroatoms. The summed E-state index contributed by atoms with van der Waals surface area (Å²) in [7, 11) is 0. The van der Waals surface area contributed by atoms with Crippen molar-refractivity contribution >= 4 is 5.82 Å². The summed E-state index contributed by atoms with van der Waals surface area (Å²) in [6.45, 7) is 3.96. The summed E-state index contributed by atoms with van der Waals surface area (Å²) >= 11 is 0. The molecule has 1 aliphatic rings. The smallest absolute Gasteiger partial charge is 0.168 e. The minimum absolute atomic E-state index is 0.393. The molecule has 1 aromatic carbocycles. The molecule has 0 spiro atoms. The molecule has 3 N–H and O–H groups in total. The highest BCUT2D eigenvalue weighted by molar-refractivity contribution is 5.48. The van der Waals surface area contributed by atoms with E-state index in [0.29, 0.717) is 13.2 Å². The zero-order valence-corrected chi connectivity index (χ0v) is 13.6. The number of hydrogen-bond donors (Lipinski definition) is 2. The molecule has 0 saturated carbocycles. The average Bonchev–Trinajstić information content (AvgIpc) is 3.03. The highest BCUT2D eigenvalue weighted by atomic mass is 16.5. The number of nitrogens with one attached hydrogen (secondary N) is 1. The number of rotatable bonds is 7. The van der Waals surface area contributed by atoms with Crippen molar-refractivity contribution in [1.29, 1.82) is 0 Å². The Balaban J connectivity index is 1.74. The number of aryl methyl sites for hydroxylation is 2. The molecule has 0 amide bonds. The molecule has 1 aromatic heterocycles. The van der Waals surface area contributed by atoms with E-state index < -0.39 is 0 Å². The number of anilines is 1. The third-order valence-corrected chi connectivity index (χ3v) is 4.10. The zero-order chi connectivity index (χ0) is 16.1. The Kier molecular flexibility index (Phi) is 5.08. The van der Waals surface area contributed by atoms with Crippen molar-refractivity contribution in [3.63, 3.8) is 0 Å². The minimum Gasteiger partial charge on any atom is -0.485 e. The third kappa shape index (κ3) is 3.79. The van der Waals surface area contributed by atoms with Gasteiger partial charge in [0.1, 0.15) is 18.2 Å². The third-order valence-electron chi connectivity index (χ3n) is 4.10. The maximum Gasteiger partial charge on any atom is 0.168 e. The first kappa shape index (κ1) is 15.7. The van der Waals surface area contributed by atoms with Crippen molar-refractivity contribution in [2.75, 3.05) is 18.4 Å². The number of nitrogens with two attached hydrogens (primary N) is 1. The molecule has 3 rings (SSSR count). The summed E-state index contributed by atoms with van der Waals surface area (Å²) in [6, 6.07) is 8.00. The standard InChI is InChI=1S/C18H24N4O/c1-13-6-2-3-9-16(13)23-12-17-21-15-8-4-7-14(15)18(22-17)20-11-5-10-19/h2-3,6,9H,4-5,7-8,10-12,19H2,1H3,(H,20,21,22). The molecule has 0 fully saturated rings. The molecule has 23 heavy (non-hydrogen) atoms. The van der Waals surface area contributed by atoms with Crippen LogP contribution in [-0.2, 0) is 19.4 Å². The van der Waals surface area contributed by atoms with E-state index in [1.807, 2.05) is 31.2 Å². The van der Waals surface area contributed by atoms with Crippen LogP contribution in [-0.4, -0.2) is 23.1 Å². The van der Waals surface area contributed by atoms with E-state index in [1.165, 1.54) is 11.3 Å². The molecular formula is C18H24N4O. The number of aromatic nitrogens is 2. The predicted octanol–water partition coefficient (Wildman–Crippen LogP) is 2.61. The van der Waals surface area contributed by atoms with Gasteiger partial charge in [0.15, 0.2) is 5.82 Å². The number of nitrogens with zero attached hydrogens (tertiary/aromatic N) is 2. The van der Waals surface area contributed by atoms with Crippen LogP contribution in [0, 0.1) is 6.92 Å². The van der Waals surface area contributed by atoms with E-state index in [0.717, 1.165) is 55.2 Å². The molecule has 0 bridgehead atoms. The molecule has 0 atom stereocenters. The van der Waals surface area contributed by atoms with Crippen LogP contribution >= 0.6 is 0 Å². The molecule has 0 radical (unpaired) electrons. The zero-order valence-electron chi connectivity index (χ0n) is 13.6. The second-order valence-electron chi connectivity index (χ2n) is 5.89. The van der Waals surface area contributed by atoms with Crippen molar-refractivity contribution in [2.24, 2.45) is 5.73 Å². The highest BCUT2D eigenvalue weighted by Crippen LogP contribution is 2.26. The summed E-state index contributed by atoms with van der Waals surface area (Å²) < 4.78 is 5.89. The van der Waals surface area contributed by atoms with E-state index in [2.05, 4.69) is 15.3 Å². The van der Waals surface area contributed by atoms with Crippen LogP contribution in [0.15, 0.2) is 24.3 Å². The van der Waals surface area contributed by atoms with E-state index in [9.17, 15) is 0 Å². The normalized spacial score (nSPS) is 13.0. The topological polar surface area (TPSA) is 73.1 Å². The Morgan fingerprint density at radius 2 is 2.09 bits per heavy atom. The molecule has 0 aliphatic heterocycles. The maximum atomic E-state index is 5.89. The lowest BCUT2D eigenvalue weighted by Crippen LogP contribution is -2.13. The van der Waals surface area contributed by atoms with Crippen molar-refractivity contribution < 1.29 is 4.74 Å². The van der Waals surface area contributed by atoms with Gasteiger partial charge in [-0.15, -0.1) is 0 Å². The van der Waals surface area contributed by atoms with Crippen LogP contribution in [0.3, 0.4) is 0 Å². The van der Waals surface area contributed by atoms with E-state index >= 15 is 0 Å². The summed E-state index contributed by atoms with van der Waals surface area (Å²) in [6.07, 6.45) is 4.17. The van der Waals surface area contributed by atoms with Crippen LogP contribution in [0.5, 0.6) is 5.75 Å². The minimum atomic E-state index is 0.393. The Morgan fingerprint density at radius 1 is 1.22 bits per heavy atom. The van der Waals surface area contributed by atoms with Crippen molar-refractivity contribution in [1.82, 2.24) is 9.97 Å². The van der Waals surface area contributed by atoms with Crippen LogP contribution in [0.2, 0.25) is 0 Å². The van der Waals surface area contributed by atoms with Gasteiger partial charge in [-0.05, 0) is 50.8 Å².